The first-order valence-electron chi connectivity index (χ1n) is 4.50. The van der Waals surface area contributed by atoms with Crippen molar-refractivity contribution in [2.45, 2.75) is 20.3 Å². The van der Waals surface area contributed by atoms with Gasteiger partial charge in [0, 0.05) is 10.6 Å². The van der Waals surface area contributed by atoms with Crippen LogP contribution in [0.5, 0.6) is 0 Å². The van der Waals surface area contributed by atoms with Crippen LogP contribution in [0.25, 0.3) is 0 Å². The molecular weight excluding hydrogens is 210 g/mol. The van der Waals surface area contributed by atoms with Crippen molar-refractivity contribution in [1.29, 1.82) is 0 Å². The summed E-state index contributed by atoms with van der Waals surface area (Å²) in [5, 5.41) is 0.602. The first-order valence-corrected chi connectivity index (χ1v) is 4.88. The van der Waals surface area contributed by atoms with E-state index in [4.69, 9.17) is 17.3 Å². The van der Waals surface area contributed by atoms with Gasteiger partial charge in [-0.1, -0.05) is 31.9 Å². The molecule has 15 heavy (non-hydrogen) atoms. The maximum absolute atomic E-state index is 10.5. The smallest absolute Gasteiger partial charge is 0.248 e. The van der Waals surface area contributed by atoms with E-state index in [-0.39, 0.29) is 0 Å². The third-order valence-electron chi connectivity index (χ3n) is 1.13. The van der Waals surface area contributed by atoms with Gasteiger partial charge >= 0.3 is 0 Å². The molecule has 3 heteroatoms. The summed E-state index contributed by atoms with van der Waals surface area (Å²) in [6.45, 7) is 4.25. The average Bonchev–Trinajstić information content (AvgIpc) is 2.22. The van der Waals surface area contributed by atoms with E-state index >= 15 is 0 Å². The van der Waals surface area contributed by atoms with Crippen molar-refractivity contribution in [2.75, 3.05) is 0 Å². The Hall–Kier alpha value is -1.46. The van der Waals surface area contributed by atoms with Crippen LogP contribution in [0, 0.1) is 12.8 Å². The standard InChI is InChI=1S/C7H6ClNO.C3H8.C2H2/c8-6-3-1-5(2-4-6)7(9)10;1-3-2;1-2/h1-4H,(H2,9,10);3H2,1-2H3;1-2H. The largest absolute Gasteiger partial charge is 0.366 e. The zero-order chi connectivity index (χ0) is 12.3. The molecule has 0 bridgehead atoms. The van der Waals surface area contributed by atoms with Crippen LogP contribution >= 0.6 is 11.6 Å². The number of halogens is 1. The number of amides is 1. The van der Waals surface area contributed by atoms with Gasteiger partial charge in [-0.05, 0) is 24.3 Å². The van der Waals surface area contributed by atoms with E-state index in [2.05, 4.69) is 26.7 Å². The second-order valence-electron chi connectivity index (χ2n) is 2.58. The Morgan fingerprint density at radius 1 is 1.27 bits per heavy atom. The summed E-state index contributed by atoms with van der Waals surface area (Å²) in [5.74, 6) is -0.434. The lowest BCUT2D eigenvalue weighted by atomic mass is 10.2. The summed E-state index contributed by atoms with van der Waals surface area (Å²) >= 11 is 5.56. The quantitative estimate of drug-likeness (QED) is 0.734. The van der Waals surface area contributed by atoms with Crippen LogP contribution in [-0.2, 0) is 0 Å². The van der Waals surface area contributed by atoms with Gasteiger partial charge in [0.25, 0.3) is 0 Å². The molecule has 0 aliphatic heterocycles. The van der Waals surface area contributed by atoms with Crippen molar-refractivity contribution in [3.05, 3.63) is 34.9 Å². The molecule has 1 amide bonds. The fourth-order valence-electron chi connectivity index (χ4n) is 0.614. The normalized spacial score (nSPS) is 7.53. The molecule has 2 N–H and O–H groups in total. The van der Waals surface area contributed by atoms with E-state index in [0.717, 1.165) is 0 Å². The van der Waals surface area contributed by atoms with Crippen molar-refractivity contribution in [3.63, 3.8) is 0 Å². The van der Waals surface area contributed by atoms with Crippen LogP contribution in [0.15, 0.2) is 24.3 Å². The van der Waals surface area contributed by atoms with E-state index in [9.17, 15) is 4.79 Å². The van der Waals surface area contributed by atoms with Crippen molar-refractivity contribution in [3.8, 4) is 12.8 Å². The van der Waals surface area contributed by atoms with Crippen LogP contribution in [0.4, 0.5) is 0 Å². The molecule has 1 aromatic carbocycles. The highest BCUT2D eigenvalue weighted by molar-refractivity contribution is 6.30. The van der Waals surface area contributed by atoms with Crippen molar-refractivity contribution < 1.29 is 4.79 Å². The lowest BCUT2D eigenvalue weighted by Crippen LogP contribution is -2.10. The molecule has 0 atom stereocenters. The van der Waals surface area contributed by atoms with Gasteiger partial charge in [-0.3, -0.25) is 4.79 Å². The maximum Gasteiger partial charge on any atom is 0.248 e. The van der Waals surface area contributed by atoms with Crippen molar-refractivity contribution in [2.24, 2.45) is 5.73 Å². The Morgan fingerprint density at radius 3 is 1.87 bits per heavy atom. The number of hydrogen-bond acceptors (Lipinski definition) is 1. The molecule has 0 aliphatic rings. The zero-order valence-corrected chi connectivity index (χ0v) is 9.79. The second kappa shape index (κ2) is 10.6. The minimum absolute atomic E-state index is 0.434. The Morgan fingerprint density at radius 2 is 1.60 bits per heavy atom. The Balaban J connectivity index is 0. The highest BCUT2D eigenvalue weighted by Crippen LogP contribution is 2.08. The maximum atomic E-state index is 10.5. The molecule has 0 aromatic heterocycles. The number of carbonyl (C=O) groups is 1. The van der Waals surface area contributed by atoms with Gasteiger partial charge in [-0.15, -0.1) is 12.8 Å². The van der Waals surface area contributed by atoms with Gasteiger partial charge in [0.2, 0.25) is 5.91 Å². The summed E-state index contributed by atoms with van der Waals surface area (Å²) in [6, 6.07) is 6.43. The summed E-state index contributed by atoms with van der Waals surface area (Å²) < 4.78 is 0. The van der Waals surface area contributed by atoms with E-state index in [0.29, 0.717) is 10.6 Å². The molecule has 1 rings (SSSR count). The first kappa shape index (κ1) is 16.0. The van der Waals surface area contributed by atoms with Gasteiger partial charge in [-0.25, -0.2) is 0 Å². The second-order valence-corrected chi connectivity index (χ2v) is 3.01. The van der Waals surface area contributed by atoms with Gasteiger partial charge in [-0.2, -0.15) is 0 Å². The molecule has 0 saturated heterocycles. The molecule has 0 spiro atoms. The SMILES string of the molecule is C#C.CCC.NC(=O)c1ccc(Cl)cc1. The number of hydrogen-bond donors (Lipinski definition) is 1. The fourth-order valence-corrected chi connectivity index (χ4v) is 0.740. The molecule has 0 heterocycles. The van der Waals surface area contributed by atoms with Crippen LogP contribution in [0.1, 0.15) is 30.6 Å². The molecular formula is C12H16ClNO. The molecule has 2 nitrogen and oxygen atoms in total. The van der Waals surface area contributed by atoms with Gasteiger partial charge in [0.15, 0.2) is 0 Å². The van der Waals surface area contributed by atoms with E-state index in [1.54, 1.807) is 24.3 Å². The summed E-state index contributed by atoms with van der Waals surface area (Å²) in [5.41, 5.74) is 5.46. The molecule has 1 aromatic rings. The highest BCUT2D eigenvalue weighted by atomic mass is 35.5. The monoisotopic (exact) mass is 225 g/mol. The van der Waals surface area contributed by atoms with Gasteiger partial charge in [0.1, 0.15) is 0 Å². The Labute approximate surface area is 96.4 Å². The third kappa shape index (κ3) is 8.86. The predicted octanol–water partition coefficient (Wildman–Crippen LogP) is 3.10. The topological polar surface area (TPSA) is 43.1 Å². The lowest BCUT2D eigenvalue weighted by molar-refractivity contribution is 0.100. The summed E-state index contributed by atoms with van der Waals surface area (Å²) in [6.07, 6.45) is 9.25. The Bertz CT molecular complexity index is 290. The van der Waals surface area contributed by atoms with E-state index in [1.807, 2.05) is 0 Å². The molecule has 0 saturated carbocycles. The van der Waals surface area contributed by atoms with E-state index < -0.39 is 5.91 Å². The molecule has 0 unspecified atom stereocenters. The van der Waals surface area contributed by atoms with Crippen LogP contribution in [-0.4, -0.2) is 5.91 Å². The van der Waals surface area contributed by atoms with E-state index in [1.165, 1.54) is 6.42 Å². The van der Waals surface area contributed by atoms with Crippen LogP contribution < -0.4 is 5.73 Å². The summed E-state index contributed by atoms with van der Waals surface area (Å²) in [7, 11) is 0. The first-order chi connectivity index (χ1) is 7.11. The van der Waals surface area contributed by atoms with Crippen molar-refractivity contribution in [1.82, 2.24) is 0 Å². The number of rotatable bonds is 1. The zero-order valence-electron chi connectivity index (χ0n) is 9.03. The fraction of sp³-hybridized carbons (Fsp3) is 0.250. The molecule has 0 aliphatic carbocycles. The number of benzene rings is 1. The predicted molar refractivity (Wildman–Crippen MR) is 65.8 cm³/mol. The Kier molecular flexibility index (Phi) is 11.3. The minimum atomic E-state index is -0.434. The number of terminal acetylenes is 1. The third-order valence-corrected chi connectivity index (χ3v) is 1.38. The summed E-state index contributed by atoms with van der Waals surface area (Å²) in [4.78, 5) is 10.5. The number of primary amides is 1. The lowest BCUT2D eigenvalue weighted by Gasteiger charge is -1.92. The molecule has 0 radical (unpaired) electrons. The minimum Gasteiger partial charge on any atom is -0.366 e. The molecule has 0 fully saturated rings. The number of nitrogens with two attached hydrogens (primary N) is 1. The highest BCUT2D eigenvalue weighted by Gasteiger charge is 1.96. The molecule has 82 valence electrons. The van der Waals surface area contributed by atoms with Crippen LogP contribution in [0.3, 0.4) is 0 Å². The van der Waals surface area contributed by atoms with Gasteiger partial charge < -0.3 is 5.73 Å². The van der Waals surface area contributed by atoms with Gasteiger partial charge in [0.05, 0.1) is 0 Å². The van der Waals surface area contributed by atoms with Crippen LogP contribution in [0.2, 0.25) is 5.02 Å². The number of carbonyl (C=O) groups excluding carboxylic acids is 1. The van der Waals surface area contributed by atoms with Crippen molar-refractivity contribution >= 4 is 17.5 Å². The average molecular weight is 226 g/mol.